The van der Waals surface area contributed by atoms with Crippen molar-refractivity contribution in [2.24, 2.45) is 0 Å². The Labute approximate surface area is 231 Å². The number of nitrogens with zero attached hydrogens (tertiary/aromatic N) is 5. The molecule has 0 N–H and O–H groups in total. The van der Waals surface area contributed by atoms with Gasteiger partial charge in [-0.2, -0.15) is 0 Å². The van der Waals surface area contributed by atoms with Crippen LogP contribution in [0.4, 0.5) is 0 Å². The monoisotopic (exact) mass is 551 g/mol. The van der Waals surface area contributed by atoms with Crippen molar-refractivity contribution in [3.63, 3.8) is 0 Å². The summed E-state index contributed by atoms with van der Waals surface area (Å²) in [6, 6.07) is 26.0. The summed E-state index contributed by atoms with van der Waals surface area (Å²) in [5.74, 6) is 1.18. The van der Waals surface area contributed by atoms with E-state index in [0.717, 1.165) is 49.8 Å². The zero-order chi connectivity index (χ0) is 25.6. The van der Waals surface area contributed by atoms with E-state index in [1.54, 1.807) is 12.1 Å². The van der Waals surface area contributed by atoms with Crippen molar-refractivity contribution in [2.75, 3.05) is 31.9 Å². The molecule has 0 unspecified atom stereocenters. The molecule has 0 spiro atoms. The van der Waals surface area contributed by atoms with Crippen LogP contribution in [0.15, 0.2) is 84.0 Å². The van der Waals surface area contributed by atoms with Gasteiger partial charge in [-0.3, -0.25) is 14.3 Å². The molecular weight excluding hydrogens is 525 g/mol. The van der Waals surface area contributed by atoms with E-state index in [4.69, 9.17) is 23.2 Å². The van der Waals surface area contributed by atoms with Crippen LogP contribution in [0, 0.1) is 0 Å². The topological polar surface area (TPSA) is 54.3 Å². The van der Waals surface area contributed by atoms with Crippen molar-refractivity contribution in [1.29, 1.82) is 0 Å². The van der Waals surface area contributed by atoms with Crippen LogP contribution in [-0.2, 0) is 17.8 Å². The number of amides is 1. The summed E-state index contributed by atoms with van der Waals surface area (Å²) in [5, 5.41) is 10.5. The van der Waals surface area contributed by atoms with E-state index in [2.05, 4.69) is 51.5 Å². The molecule has 2 heterocycles. The molecule has 1 aliphatic rings. The molecule has 1 aliphatic heterocycles. The molecule has 3 aromatic carbocycles. The molecule has 0 radical (unpaired) electrons. The molecule has 37 heavy (non-hydrogen) atoms. The third-order valence-electron chi connectivity index (χ3n) is 6.37. The fourth-order valence-electron chi connectivity index (χ4n) is 4.38. The predicted molar refractivity (Wildman–Crippen MR) is 150 cm³/mol. The summed E-state index contributed by atoms with van der Waals surface area (Å²) in [6.07, 6.45) is 0.603. The lowest BCUT2D eigenvalue weighted by Gasteiger charge is -2.34. The zero-order valence-electron chi connectivity index (χ0n) is 20.3. The molecule has 1 aromatic heterocycles. The lowest BCUT2D eigenvalue weighted by Crippen LogP contribution is -2.48. The van der Waals surface area contributed by atoms with Crippen LogP contribution >= 0.6 is 35.0 Å². The molecule has 1 saturated heterocycles. The van der Waals surface area contributed by atoms with Crippen molar-refractivity contribution in [2.45, 2.75) is 18.1 Å². The van der Waals surface area contributed by atoms with Crippen molar-refractivity contribution in [3.8, 4) is 5.69 Å². The molecule has 0 bridgehead atoms. The fraction of sp³-hybridized carbons (Fsp3) is 0.250. The number of aromatic nitrogens is 3. The number of thioether (sulfide) groups is 1. The van der Waals surface area contributed by atoms with Crippen molar-refractivity contribution >= 4 is 40.9 Å². The van der Waals surface area contributed by atoms with Gasteiger partial charge in [0.2, 0.25) is 5.91 Å². The lowest BCUT2D eigenvalue weighted by atomic mass is 10.1. The maximum Gasteiger partial charge on any atom is 0.233 e. The van der Waals surface area contributed by atoms with E-state index in [1.165, 1.54) is 17.3 Å². The molecular formula is C28H27Cl2N5OS. The van der Waals surface area contributed by atoms with Crippen molar-refractivity contribution in [3.05, 3.63) is 106 Å². The number of hydrogen-bond donors (Lipinski definition) is 0. The molecule has 9 heteroatoms. The van der Waals surface area contributed by atoms with Crippen LogP contribution in [0.1, 0.15) is 17.0 Å². The highest BCUT2D eigenvalue weighted by molar-refractivity contribution is 7.99. The third-order valence-corrected chi connectivity index (χ3v) is 8.02. The highest BCUT2D eigenvalue weighted by Crippen LogP contribution is 2.29. The number of carbonyl (C=O) groups is 1. The number of halogens is 2. The minimum Gasteiger partial charge on any atom is -0.339 e. The second-order valence-electron chi connectivity index (χ2n) is 8.93. The van der Waals surface area contributed by atoms with Gasteiger partial charge in [-0.25, -0.2) is 0 Å². The summed E-state index contributed by atoms with van der Waals surface area (Å²) < 4.78 is 1.96. The summed E-state index contributed by atoms with van der Waals surface area (Å²) in [7, 11) is 0. The van der Waals surface area contributed by atoms with Crippen molar-refractivity contribution in [1.82, 2.24) is 24.6 Å². The van der Waals surface area contributed by atoms with E-state index >= 15 is 0 Å². The van der Waals surface area contributed by atoms with Gasteiger partial charge in [0, 0.05) is 39.1 Å². The molecule has 1 fully saturated rings. The molecule has 4 aromatic rings. The first-order valence-electron chi connectivity index (χ1n) is 12.2. The van der Waals surface area contributed by atoms with Gasteiger partial charge in [0.15, 0.2) is 5.16 Å². The first kappa shape index (κ1) is 25.8. The van der Waals surface area contributed by atoms with Crippen molar-refractivity contribution < 1.29 is 4.79 Å². The van der Waals surface area contributed by atoms with Crippen LogP contribution in [0.3, 0.4) is 0 Å². The molecule has 0 saturated carbocycles. The number of carbonyl (C=O) groups excluding carboxylic acids is 1. The highest BCUT2D eigenvalue weighted by atomic mass is 35.5. The number of benzene rings is 3. The van der Waals surface area contributed by atoms with Crippen LogP contribution in [-0.4, -0.2) is 62.4 Å². The second kappa shape index (κ2) is 12.1. The SMILES string of the molecule is O=C(CSc1nnc(Cc2ccccc2)n1-c1ccc(Cl)c(Cl)c1)N1CCN(Cc2ccccc2)CC1. The smallest absolute Gasteiger partial charge is 0.233 e. The molecule has 190 valence electrons. The second-order valence-corrected chi connectivity index (χ2v) is 10.7. The van der Waals surface area contributed by atoms with E-state index in [9.17, 15) is 4.79 Å². The van der Waals surface area contributed by atoms with E-state index in [0.29, 0.717) is 27.4 Å². The Kier molecular flexibility index (Phi) is 8.46. The Morgan fingerprint density at radius 1 is 0.811 bits per heavy atom. The Bertz CT molecular complexity index is 1340. The lowest BCUT2D eigenvalue weighted by molar-refractivity contribution is -0.130. The Morgan fingerprint density at radius 3 is 2.16 bits per heavy atom. The average molecular weight is 553 g/mol. The largest absolute Gasteiger partial charge is 0.339 e. The zero-order valence-corrected chi connectivity index (χ0v) is 22.6. The van der Waals surface area contributed by atoms with E-state index in [-0.39, 0.29) is 5.91 Å². The standard InChI is InChI=1S/C28H27Cl2N5OS/c29-24-12-11-23(18-25(24)30)35-26(17-21-7-3-1-4-8-21)31-32-28(35)37-20-27(36)34-15-13-33(14-16-34)19-22-9-5-2-6-10-22/h1-12,18H,13-17,19-20H2. The van der Waals surface area contributed by atoms with Gasteiger partial charge in [-0.1, -0.05) is 95.6 Å². The Morgan fingerprint density at radius 2 is 1.49 bits per heavy atom. The van der Waals surface area contributed by atoms with Gasteiger partial charge in [-0.05, 0) is 29.3 Å². The molecule has 0 atom stereocenters. The number of rotatable bonds is 8. The molecule has 0 aliphatic carbocycles. The summed E-state index contributed by atoms with van der Waals surface area (Å²) in [4.78, 5) is 17.4. The predicted octanol–water partition coefficient (Wildman–Crippen LogP) is 5.60. The first-order chi connectivity index (χ1) is 18.1. The summed E-state index contributed by atoms with van der Waals surface area (Å²) in [6.45, 7) is 4.10. The van der Waals surface area contributed by atoms with Gasteiger partial charge in [0.25, 0.3) is 0 Å². The van der Waals surface area contributed by atoms with E-state index in [1.807, 2.05) is 39.8 Å². The average Bonchev–Trinajstić information content (AvgIpc) is 3.32. The van der Waals surface area contributed by atoms with Crippen LogP contribution in [0.2, 0.25) is 10.0 Å². The Hall–Kier alpha value is -2.84. The normalized spacial score (nSPS) is 14.2. The van der Waals surface area contributed by atoms with Gasteiger partial charge in [-0.15, -0.1) is 10.2 Å². The number of hydrogen-bond acceptors (Lipinski definition) is 5. The summed E-state index contributed by atoms with van der Waals surface area (Å²) >= 11 is 13.9. The maximum absolute atomic E-state index is 13.1. The van der Waals surface area contributed by atoms with Gasteiger partial charge >= 0.3 is 0 Å². The van der Waals surface area contributed by atoms with Crippen LogP contribution < -0.4 is 0 Å². The van der Waals surface area contributed by atoms with E-state index < -0.39 is 0 Å². The number of piperazine rings is 1. The van der Waals surface area contributed by atoms with Gasteiger partial charge < -0.3 is 4.90 Å². The highest BCUT2D eigenvalue weighted by Gasteiger charge is 2.23. The van der Waals surface area contributed by atoms with Crippen LogP contribution in [0.5, 0.6) is 0 Å². The minimum atomic E-state index is 0.109. The van der Waals surface area contributed by atoms with Gasteiger partial charge in [0.1, 0.15) is 5.82 Å². The van der Waals surface area contributed by atoms with Crippen LogP contribution in [0.25, 0.3) is 5.69 Å². The molecule has 1 amide bonds. The Balaban J connectivity index is 1.26. The minimum absolute atomic E-state index is 0.109. The first-order valence-corrected chi connectivity index (χ1v) is 13.9. The third kappa shape index (κ3) is 6.54. The maximum atomic E-state index is 13.1. The summed E-state index contributed by atoms with van der Waals surface area (Å²) in [5.41, 5.74) is 3.23. The molecule has 5 rings (SSSR count). The fourth-order valence-corrected chi connectivity index (χ4v) is 5.55. The van der Waals surface area contributed by atoms with Gasteiger partial charge in [0.05, 0.1) is 21.5 Å². The quantitative estimate of drug-likeness (QED) is 0.267. The molecule has 6 nitrogen and oxygen atoms in total.